The highest BCUT2D eigenvalue weighted by Crippen LogP contribution is 2.34. The number of carbonyl (C=O) groups excluding carboxylic acids is 2. The van der Waals surface area contributed by atoms with E-state index in [1.165, 1.54) is 6.20 Å². The van der Waals surface area contributed by atoms with Gasteiger partial charge < -0.3 is 19.9 Å². The van der Waals surface area contributed by atoms with Crippen LogP contribution in [0.15, 0.2) is 11.0 Å². The third kappa shape index (κ3) is 5.74. The lowest BCUT2D eigenvalue weighted by molar-refractivity contribution is -0.155. The highest BCUT2D eigenvalue weighted by atomic mass is 32.2. The Bertz CT molecular complexity index is 943. The van der Waals surface area contributed by atoms with Crippen LogP contribution in [0, 0.1) is 0 Å². The minimum atomic E-state index is -4.02. The van der Waals surface area contributed by atoms with Gasteiger partial charge in [-0.15, -0.1) is 0 Å². The number of hydrogen-bond donors (Lipinski definition) is 1. The van der Waals surface area contributed by atoms with Gasteiger partial charge >= 0.3 is 17.6 Å². The molecule has 2 rings (SSSR count). The van der Waals surface area contributed by atoms with Gasteiger partial charge in [0.25, 0.3) is 10.1 Å². The maximum absolute atomic E-state index is 12.4. The summed E-state index contributed by atoms with van der Waals surface area (Å²) in [7, 11) is -4.02. The van der Waals surface area contributed by atoms with E-state index in [-0.39, 0.29) is 12.4 Å². The van der Waals surface area contributed by atoms with Crippen LogP contribution in [0.1, 0.15) is 32.6 Å². The van der Waals surface area contributed by atoms with E-state index in [2.05, 4.69) is 4.98 Å². The van der Waals surface area contributed by atoms with Crippen LogP contribution in [0.2, 0.25) is 0 Å². The van der Waals surface area contributed by atoms with E-state index in [0.29, 0.717) is 12.0 Å². The summed E-state index contributed by atoms with van der Waals surface area (Å²) in [6, 6.07) is 0. The largest absolute Gasteiger partial charge is 0.463 e. The lowest BCUT2D eigenvalue weighted by atomic mass is 10.1. The molecule has 12 nitrogen and oxygen atoms in total. The number of nitrogens with two attached hydrogens (primary N) is 1. The highest BCUT2D eigenvalue weighted by molar-refractivity contribution is 7.86. The lowest BCUT2D eigenvalue weighted by Crippen LogP contribution is -2.42. The number of esters is 2. The molecule has 1 fully saturated rings. The van der Waals surface area contributed by atoms with Crippen LogP contribution >= 0.6 is 0 Å². The van der Waals surface area contributed by atoms with Crippen molar-refractivity contribution in [2.75, 3.05) is 18.6 Å². The average molecular weight is 433 g/mol. The number of ether oxygens (including phenoxy) is 3. The van der Waals surface area contributed by atoms with Gasteiger partial charge in [0.05, 0.1) is 6.26 Å². The molecule has 1 aliphatic heterocycles. The van der Waals surface area contributed by atoms with E-state index in [9.17, 15) is 22.8 Å². The van der Waals surface area contributed by atoms with Crippen LogP contribution in [0.3, 0.4) is 0 Å². The van der Waals surface area contributed by atoms with Crippen LogP contribution in [-0.2, 0) is 44.5 Å². The Morgan fingerprint density at radius 3 is 2.45 bits per heavy atom. The van der Waals surface area contributed by atoms with E-state index in [0.717, 1.165) is 24.7 Å². The highest BCUT2D eigenvalue weighted by Gasteiger charge is 2.51. The Balaban J connectivity index is 2.53. The van der Waals surface area contributed by atoms with Gasteiger partial charge in [-0.1, -0.05) is 6.92 Å². The van der Waals surface area contributed by atoms with E-state index in [1.807, 2.05) is 0 Å². The number of aryl methyl sites for hydroxylation is 1. The van der Waals surface area contributed by atoms with E-state index in [1.54, 1.807) is 6.92 Å². The predicted octanol–water partition coefficient (Wildman–Crippen LogP) is -0.875. The smallest absolute Gasteiger partial charge is 0.351 e. The molecule has 0 aliphatic carbocycles. The topological polar surface area (TPSA) is 166 Å². The van der Waals surface area contributed by atoms with E-state index in [4.69, 9.17) is 24.1 Å². The zero-order valence-electron chi connectivity index (χ0n) is 16.4. The molecule has 13 heteroatoms. The Labute approximate surface area is 167 Å². The van der Waals surface area contributed by atoms with Crippen molar-refractivity contribution in [3.05, 3.63) is 22.2 Å². The molecule has 1 saturated heterocycles. The summed E-state index contributed by atoms with van der Waals surface area (Å²) in [6.45, 7) is 3.67. The van der Waals surface area contributed by atoms with Crippen LogP contribution < -0.4 is 11.4 Å². The Morgan fingerprint density at radius 2 is 1.93 bits per heavy atom. The summed E-state index contributed by atoms with van der Waals surface area (Å²) in [4.78, 5) is 38.9. The van der Waals surface area contributed by atoms with Gasteiger partial charge in [0.15, 0.2) is 12.3 Å². The number of aromatic nitrogens is 2. The van der Waals surface area contributed by atoms with Gasteiger partial charge in [-0.05, 0) is 6.42 Å². The standard InChI is InChI=1S/C16H23N3O9S/c1-5-10-6-19(16(22)18-14(10)17)15-13(26-9(3)21)12(28-29(4,23)24)11(27-15)7-25-8(2)20/h6,11-13,15H,5,7H2,1-4H3,(H2,17,18,22)/t11-,12+,13-,15-/m1/s1. The summed E-state index contributed by atoms with van der Waals surface area (Å²) in [5.41, 5.74) is 5.45. The fraction of sp³-hybridized carbons (Fsp3) is 0.625. The first kappa shape index (κ1) is 22.8. The number of nitrogens with zero attached hydrogens (tertiary/aromatic N) is 2. The van der Waals surface area contributed by atoms with Gasteiger partial charge in [0.2, 0.25) is 0 Å². The van der Waals surface area contributed by atoms with Gasteiger partial charge in [0, 0.05) is 25.6 Å². The maximum Gasteiger partial charge on any atom is 0.351 e. The van der Waals surface area contributed by atoms with Crippen LogP contribution in [0.4, 0.5) is 5.82 Å². The second-order valence-corrected chi connectivity index (χ2v) is 8.00. The molecular formula is C16H23N3O9S. The Hall–Kier alpha value is -2.51. The first-order valence-electron chi connectivity index (χ1n) is 8.64. The van der Waals surface area contributed by atoms with Crippen molar-refractivity contribution in [3.8, 4) is 0 Å². The second kappa shape index (κ2) is 8.88. The van der Waals surface area contributed by atoms with Crippen LogP contribution in [0.5, 0.6) is 0 Å². The summed E-state index contributed by atoms with van der Waals surface area (Å²) in [5, 5.41) is 0. The fourth-order valence-electron chi connectivity index (χ4n) is 2.88. The molecule has 0 unspecified atom stereocenters. The minimum absolute atomic E-state index is 0.0381. The number of anilines is 1. The summed E-state index contributed by atoms with van der Waals surface area (Å²) in [6.07, 6.45) is -2.49. The molecule has 1 aromatic rings. The Morgan fingerprint density at radius 1 is 1.28 bits per heavy atom. The van der Waals surface area contributed by atoms with Crippen molar-refractivity contribution in [1.29, 1.82) is 0 Å². The molecule has 1 aliphatic rings. The Kier molecular flexibility index (Phi) is 6.97. The molecule has 0 saturated carbocycles. The van der Waals surface area contributed by atoms with Crippen molar-refractivity contribution in [2.45, 2.75) is 51.7 Å². The summed E-state index contributed by atoms with van der Waals surface area (Å²) >= 11 is 0. The molecule has 0 bridgehead atoms. The van der Waals surface area contributed by atoms with Crippen molar-refractivity contribution >= 4 is 27.9 Å². The first-order valence-corrected chi connectivity index (χ1v) is 10.5. The molecule has 2 heterocycles. The van der Waals surface area contributed by atoms with Crippen LogP contribution in [-0.4, -0.2) is 61.1 Å². The second-order valence-electron chi connectivity index (χ2n) is 6.40. The zero-order chi connectivity index (χ0) is 21.9. The zero-order valence-corrected chi connectivity index (χ0v) is 17.2. The molecule has 1 aromatic heterocycles. The normalized spacial score (nSPS) is 24.3. The summed E-state index contributed by atoms with van der Waals surface area (Å²) < 4.78 is 45.4. The van der Waals surface area contributed by atoms with E-state index >= 15 is 0 Å². The summed E-state index contributed by atoms with van der Waals surface area (Å²) in [5.74, 6) is -1.36. The number of nitrogen functional groups attached to an aromatic ring is 1. The molecule has 0 aromatic carbocycles. The van der Waals surface area contributed by atoms with Crippen molar-refractivity contribution in [3.63, 3.8) is 0 Å². The fourth-order valence-corrected chi connectivity index (χ4v) is 3.51. The lowest BCUT2D eigenvalue weighted by Gasteiger charge is -2.23. The van der Waals surface area contributed by atoms with Gasteiger partial charge in [-0.2, -0.15) is 13.4 Å². The predicted molar refractivity (Wildman–Crippen MR) is 98.1 cm³/mol. The van der Waals surface area contributed by atoms with E-state index < -0.39 is 52.3 Å². The van der Waals surface area contributed by atoms with Crippen molar-refractivity contribution < 1.29 is 36.4 Å². The van der Waals surface area contributed by atoms with Crippen LogP contribution in [0.25, 0.3) is 0 Å². The van der Waals surface area contributed by atoms with Crippen molar-refractivity contribution in [1.82, 2.24) is 9.55 Å². The minimum Gasteiger partial charge on any atom is -0.463 e. The molecule has 0 spiro atoms. The monoisotopic (exact) mass is 433 g/mol. The quantitative estimate of drug-likeness (QED) is 0.419. The third-order valence-electron chi connectivity index (χ3n) is 4.04. The van der Waals surface area contributed by atoms with Gasteiger partial charge in [0.1, 0.15) is 24.6 Å². The molecule has 29 heavy (non-hydrogen) atoms. The number of carbonyl (C=O) groups is 2. The third-order valence-corrected chi connectivity index (χ3v) is 4.61. The van der Waals surface area contributed by atoms with Crippen molar-refractivity contribution in [2.24, 2.45) is 0 Å². The molecular weight excluding hydrogens is 410 g/mol. The molecule has 4 atom stereocenters. The molecule has 2 N–H and O–H groups in total. The maximum atomic E-state index is 12.4. The van der Waals surface area contributed by atoms with Gasteiger partial charge in [-0.25, -0.2) is 4.79 Å². The number of hydrogen-bond acceptors (Lipinski definition) is 11. The number of rotatable bonds is 7. The first-order chi connectivity index (χ1) is 13.4. The molecule has 0 amide bonds. The SMILES string of the molecule is CCc1cn([C@@H]2O[C@H](COC(C)=O)[C@H](OS(C)(=O)=O)[C@H]2OC(C)=O)c(=O)nc1N. The molecule has 0 radical (unpaired) electrons. The average Bonchev–Trinajstić information content (AvgIpc) is 2.88. The molecule has 162 valence electrons. The van der Waals surface area contributed by atoms with Gasteiger partial charge in [-0.3, -0.25) is 18.3 Å².